The minimum atomic E-state index is -0.884. The zero-order valence-electron chi connectivity index (χ0n) is 18.8. The highest BCUT2D eigenvalue weighted by Crippen LogP contribution is 2.30. The van der Waals surface area contributed by atoms with Gasteiger partial charge < -0.3 is 14.8 Å². The number of hydrazone groups is 1. The number of benzene rings is 3. The van der Waals surface area contributed by atoms with Crippen LogP contribution in [0.3, 0.4) is 0 Å². The SMILES string of the molecule is COc1cc(/C=N/NC(=O)C(=O)Nc2c(C)cccc2C)ccc1OCc1ccc(Cl)cc1Cl. The molecular weight excluding hydrogens is 477 g/mol. The average Bonchev–Trinajstić information content (AvgIpc) is 2.81. The lowest BCUT2D eigenvalue weighted by molar-refractivity contribution is -0.136. The smallest absolute Gasteiger partial charge is 0.329 e. The summed E-state index contributed by atoms with van der Waals surface area (Å²) >= 11 is 12.1. The van der Waals surface area contributed by atoms with E-state index in [9.17, 15) is 9.59 Å². The number of hydrogen-bond acceptors (Lipinski definition) is 5. The van der Waals surface area contributed by atoms with Crippen LogP contribution in [0.25, 0.3) is 0 Å². The first-order chi connectivity index (χ1) is 16.3. The molecule has 0 aromatic heterocycles. The normalized spacial score (nSPS) is 10.7. The van der Waals surface area contributed by atoms with Crippen LogP contribution in [0.1, 0.15) is 22.3 Å². The van der Waals surface area contributed by atoms with E-state index in [1.807, 2.05) is 32.0 Å². The van der Waals surface area contributed by atoms with E-state index in [-0.39, 0.29) is 6.61 Å². The van der Waals surface area contributed by atoms with Crippen molar-refractivity contribution in [2.24, 2.45) is 5.10 Å². The lowest BCUT2D eigenvalue weighted by atomic mass is 10.1. The lowest BCUT2D eigenvalue weighted by Crippen LogP contribution is -2.32. The molecule has 34 heavy (non-hydrogen) atoms. The number of nitrogens with one attached hydrogen (secondary N) is 2. The molecule has 0 radical (unpaired) electrons. The topological polar surface area (TPSA) is 89.0 Å². The van der Waals surface area contributed by atoms with E-state index in [1.54, 1.807) is 36.4 Å². The molecule has 0 unspecified atom stereocenters. The number of amides is 2. The van der Waals surface area contributed by atoms with Crippen molar-refractivity contribution in [1.29, 1.82) is 0 Å². The van der Waals surface area contributed by atoms with Crippen LogP contribution >= 0.6 is 23.2 Å². The summed E-state index contributed by atoms with van der Waals surface area (Å²) in [5.74, 6) is -0.724. The second-order valence-corrected chi connectivity index (χ2v) is 8.20. The number of anilines is 1. The van der Waals surface area contributed by atoms with Gasteiger partial charge in [0.15, 0.2) is 11.5 Å². The summed E-state index contributed by atoms with van der Waals surface area (Å²) < 4.78 is 11.2. The fourth-order valence-electron chi connectivity index (χ4n) is 3.08. The molecule has 7 nitrogen and oxygen atoms in total. The number of ether oxygens (including phenoxy) is 2. The molecule has 2 N–H and O–H groups in total. The number of para-hydroxylation sites is 1. The predicted molar refractivity (Wildman–Crippen MR) is 134 cm³/mol. The first kappa shape index (κ1) is 25.1. The van der Waals surface area contributed by atoms with Crippen LogP contribution in [0.15, 0.2) is 59.7 Å². The number of carbonyl (C=O) groups excluding carboxylic acids is 2. The lowest BCUT2D eigenvalue weighted by Gasteiger charge is -2.12. The van der Waals surface area contributed by atoms with E-state index >= 15 is 0 Å². The number of aryl methyl sites for hydroxylation is 2. The number of rotatable bonds is 7. The standard InChI is InChI=1S/C25H23Cl2N3O4/c1-15-5-4-6-16(2)23(15)29-24(31)25(32)30-28-13-17-7-10-21(22(11-17)33-3)34-14-18-8-9-19(26)12-20(18)27/h4-13H,14H2,1-3H3,(H,29,31)(H,30,32)/b28-13+. The van der Waals surface area contributed by atoms with Crippen molar-refractivity contribution in [3.05, 3.63) is 86.9 Å². The Labute approximate surface area is 207 Å². The monoisotopic (exact) mass is 499 g/mol. The largest absolute Gasteiger partial charge is 0.493 e. The van der Waals surface area contributed by atoms with E-state index in [4.69, 9.17) is 32.7 Å². The molecule has 0 saturated heterocycles. The summed E-state index contributed by atoms with van der Waals surface area (Å²) in [4.78, 5) is 24.3. The average molecular weight is 500 g/mol. The fraction of sp³-hybridized carbons (Fsp3) is 0.160. The Morgan fingerprint density at radius 1 is 0.971 bits per heavy atom. The van der Waals surface area contributed by atoms with Gasteiger partial charge in [0.2, 0.25) is 0 Å². The molecule has 0 atom stereocenters. The van der Waals surface area contributed by atoms with Gasteiger partial charge in [0, 0.05) is 21.3 Å². The Morgan fingerprint density at radius 3 is 2.38 bits per heavy atom. The fourth-order valence-corrected chi connectivity index (χ4v) is 3.54. The van der Waals surface area contributed by atoms with E-state index < -0.39 is 11.8 Å². The summed E-state index contributed by atoms with van der Waals surface area (Å²) in [6, 6.07) is 15.9. The van der Waals surface area contributed by atoms with Crippen molar-refractivity contribution in [2.45, 2.75) is 20.5 Å². The Morgan fingerprint density at radius 2 is 1.71 bits per heavy atom. The van der Waals surface area contributed by atoms with Gasteiger partial charge >= 0.3 is 11.8 Å². The molecule has 0 aliphatic heterocycles. The van der Waals surface area contributed by atoms with Crippen molar-refractivity contribution in [1.82, 2.24) is 5.43 Å². The second kappa shape index (κ2) is 11.5. The summed E-state index contributed by atoms with van der Waals surface area (Å²) in [5, 5.41) is 7.52. The van der Waals surface area contributed by atoms with Gasteiger partial charge in [-0.15, -0.1) is 0 Å². The zero-order chi connectivity index (χ0) is 24.7. The molecule has 0 spiro atoms. The summed E-state index contributed by atoms with van der Waals surface area (Å²) in [6.45, 7) is 3.93. The molecule has 9 heteroatoms. The number of nitrogens with zero attached hydrogens (tertiary/aromatic N) is 1. The van der Waals surface area contributed by atoms with Gasteiger partial charge in [-0.05, 0) is 60.9 Å². The molecule has 3 aromatic carbocycles. The van der Waals surface area contributed by atoms with E-state index in [0.717, 1.165) is 16.7 Å². The third-order valence-electron chi connectivity index (χ3n) is 4.89. The van der Waals surface area contributed by atoms with Crippen LogP contribution in [0.2, 0.25) is 10.0 Å². The van der Waals surface area contributed by atoms with Crippen molar-refractivity contribution in [3.8, 4) is 11.5 Å². The van der Waals surface area contributed by atoms with Crippen LogP contribution in [0.4, 0.5) is 5.69 Å². The molecule has 2 amide bonds. The molecule has 3 rings (SSSR count). The summed E-state index contributed by atoms with van der Waals surface area (Å²) in [6.07, 6.45) is 1.40. The Hall–Kier alpha value is -3.55. The minimum absolute atomic E-state index is 0.228. The third-order valence-corrected chi connectivity index (χ3v) is 5.48. The summed E-state index contributed by atoms with van der Waals surface area (Å²) in [5.41, 5.74) is 5.95. The van der Waals surface area contributed by atoms with Crippen LogP contribution in [-0.2, 0) is 16.2 Å². The highest BCUT2D eigenvalue weighted by molar-refractivity contribution is 6.39. The molecule has 176 valence electrons. The van der Waals surface area contributed by atoms with Gasteiger partial charge in [0.1, 0.15) is 6.61 Å². The number of methoxy groups -OCH3 is 1. The Balaban J connectivity index is 1.60. The second-order valence-electron chi connectivity index (χ2n) is 7.35. The van der Waals surface area contributed by atoms with Crippen LogP contribution in [-0.4, -0.2) is 25.1 Å². The maximum absolute atomic E-state index is 12.2. The third kappa shape index (κ3) is 6.50. The molecule has 0 aliphatic carbocycles. The minimum Gasteiger partial charge on any atom is -0.493 e. The van der Waals surface area contributed by atoms with Crippen LogP contribution in [0.5, 0.6) is 11.5 Å². The highest BCUT2D eigenvalue weighted by Gasteiger charge is 2.15. The van der Waals surface area contributed by atoms with Gasteiger partial charge in [0.05, 0.1) is 13.3 Å². The maximum atomic E-state index is 12.2. The first-order valence-electron chi connectivity index (χ1n) is 10.2. The van der Waals surface area contributed by atoms with Gasteiger partial charge in [-0.3, -0.25) is 9.59 Å². The van der Waals surface area contributed by atoms with Crippen LogP contribution < -0.4 is 20.2 Å². The highest BCUT2D eigenvalue weighted by atomic mass is 35.5. The van der Waals surface area contributed by atoms with Crippen molar-refractivity contribution in [3.63, 3.8) is 0 Å². The van der Waals surface area contributed by atoms with Gasteiger partial charge in [-0.2, -0.15) is 5.10 Å². The maximum Gasteiger partial charge on any atom is 0.329 e. The molecular formula is C25H23Cl2N3O4. The number of hydrogen-bond donors (Lipinski definition) is 2. The molecule has 0 fully saturated rings. The number of carbonyl (C=O) groups is 2. The molecule has 0 aliphatic rings. The van der Waals surface area contributed by atoms with Gasteiger partial charge in [-0.25, -0.2) is 5.43 Å². The van der Waals surface area contributed by atoms with E-state index in [2.05, 4.69) is 15.8 Å². The Kier molecular flexibility index (Phi) is 8.51. The zero-order valence-corrected chi connectivity index (χ0v) is 20.3. The summed E-state index contributed by atoms with van der Waals surface area (Å²) in [7, 11) is 1.51. The number of halogens is 2. The van der Waals surface area contributed by atoms with Gasteiger partial charge in [0.25, 0.3) is 0 Å². The Bertz CT molecular complexity index is 1220. The van der Waals surface area contributed by atoms with E-state index in [0.29, 0.717) is 32.8 Å². The van der Waals surface area contributed by atoms with Crippen LogP contribution in [0, 0.1) is 13.8 Å². The van der Waals surface area contributed by atoms with E-state index in [1.165, 1.54) is 13.3 Å². The quantitative estimate of drug-likeness (QED) is 0.262. The van der Waals surface area contributed by atoms with Crippen molar-refractivity contribution in [2.75, 3.05) is 12.4 Å². The molecule has 0 bridgehead atoms. The predicted octanol–water partition coefficient (Wildman–Crippen LogP) is 5.29. The van der Waals surface area contributed by atoms with Crippen molar-refractivity contribution < 1.29 is 19.1 Å². The van der Waals surface area contributed by atoms with Crippen molar-refractivity contribution >= 4 is 46.9 Å². The van der Waals surface area contributed by atoms with Gasteiger partial charge in [-0.1, -0.05) is 47.5 Å². The first-order valence-corrected chi connectivity index (χ1v) is 11.0. The molecule has 0 saturated carbocycles. The molecule has 0 heterocycles. The molecule has 3 aromatic rings.